The molecule has 4 heterocycles. The Balaban J connectivity index is 1.52. The Morgan fingerprint density at radius 1 is 1.09 bits per heavy atom. The van der Waals surface area contributed by atoms with Crippen LogP contribution in [0, 0.1) is 23.1 Å². The van der Waals surface area contributed by atoms with Crippen LogP contribution in [0.2, 0.25) is 0 Å². The molecule has 2 saturated heterocycles. The van der Waals surface area contributed by atoms with Gasteiger partial charge < -0.3 is 33.2 Å². The number of aromatic nitrogens is 2. The van der Waals surface area contributed by atoms with Crippen LogP contribution in [-0.4, -0.2) is 72.8 Å². The third-order valence-corrected chi connectivity index (χ3v) is 11.2. The fraction of sp³-hybridized carbons (Fsp3) is 0.415. The van der Waals surface area contributed by atoms with Crippen molar-refractivity contribution in [2.45, 2.75) is 70.6 Å². The van der Waals surface area contributed by atoms with Gasteiger partial charge >= 0.3 is 12.1 Å². The quantitative estimate of drug-likeness (QED) is 0.0954. The fourth-order valence-corrected chi connectivity index (χ4v) is 8.87. The monoisotopic (exact) mass is 800 g/mol. The smallest absolute Gasteiger partial charge is 0.410 e. The van der Waals surface area contributed by atoms with E-state index in [2.05, 4.69) is 26.6 Å². The molecule has 0 unspecified atom stereocenters. The van der Waals surface area contributed by atoms with Crippen LogP contribution in [0.4, 0.5) is 9.18 Å². The second-order valence-electron chi connectivity index (χ2n) is 14.8. The summed E-state index contributed by atoms with van der Waals surface area (Å²) < 4.78 is 48.3. The lowest BCUT2D eigenvalue weighted by Gasteiger charge is -2.39. The van der Waals surface area contributed by atoms with Gasteiger partial charge in [0.15, 0.2) is 12.6 Å². The van der Waals surface area contributed by atoms with Crippen molar-refractivity contribution in [3.63, 3.8) is 0 Å². The van der Waals surface area contributed by atoms with Crippen molar-refractivity contribution in [2.24, 2.45) is 5.92 Å². The highest BCUT2D eigenvalue weighted by atomic mass is 79.9. The highest BCUT2D eigenvalue weighted by Crippen LogP contribution is 2.55. The van der Waals surface area contributed by atoms with Crippen LogP contribution in [0.1, 0.15) is 57.3 Å². The number of carbonyl (C=O) groups is 2. The number of fused-ring (bicyclic) bond motifs is 5. The zero-order valence-corrected chi connectivity index (χ0v) is 32.7. The molecule has 1 aliphatic carbocycles. The minimum atomic E-state index is -0.667. The molecular formula is C41H42BrFN4O7. The maximum atomic E-state index is 17.7. The Bertz CT molecular complexity index is 2350. The number of methoxy groups -OCH3 is 3. The van der Waals surface area contributed by atoms with Crippen LogP contribution in [-0.2, 0) is 31.8 Å². The van der Waals surface area contributed by atoms with E-state index in [1.807, 2.05) is 57.2 Å². The molecule has 0 N–H and O–H groups in total. The van der Waals surface area contributed by atoms with Gasteiger partial charge in [-0.25, -0.2) is 14.2 Å². The first-order valence-electron chi connectivity index (χ1n) is 17.9. The van der Waals surface area contributed by atoms with E-state index in [4.69, 9.17) is 28.7 Å². The number of hydrogen-bond donors (Lipinski definition) is 0. The van der Waals surface area contributed by atoms with E-state index < -0.39 is 11.4 Å². The van der Waals surface area contributed by atoms with Gasteiger partial charge in [0.05, 0.1) is 54.2 Å². The first-order valence-corrected chi connectivity index (χ1v) is 18.7. The molecular weight excluding hydrogens is 759 g/mol. The van der Waals surface area contributed by atoms with E-state index in [0.29, 0.717) is 56.2 Å². The molecule has 8 rings (SSSR count). The molecule has 1 saturated carbocycles. The maximum Gasteiger partial charge on any atom is 0.410 e. The second-order valence-corrected chi connectivity index (χ2v) is 15.6. The summed E-state index contributed by atoms with van der Waals surface area (Å²) in [7, 11) is 4.38. The SMILES string of the molecule is COCOc1cc(-c2c(CCC#N)cc3c(nc(OC)c4c(Br)c(CCC(=O)OC)n([C@H]5[C@@H]6C[C@H]5N(C(=O)OC(C)(C)C)C6)c43)c2F)c2ccccc2c1. The number of nitrogens with zero attached hydrogens (tertiary/aromatic N) is 4. The average molecular weight is 802 g/mol. The van der Waals surface area contributed by atoms with E-state index in [0.717, 1.165) is 22.9 Å². The van der Waals surface area contributed by atoms with Gasteiger partial charge in [0.25, 0.3) is 0 Å². The molecule has 11 nitrogen and oxygen atoms in total. The fourth-order valence-electron chi connectivity index (χ4n) is 8.12. The topological polar surface area (TPSA) is 125 Å². The summed E-state index contributed by atoms with van der Waals surface area (Å²) in [4.78, 5) is 32.6. The van der Waals surface area contributed by atoms with Gasteiger partial charge in [-0.05, 0) is 96.1 Å². The minimum absolute atomic E-state index is 0.00863. The summed E-state index contributed by atoms with van der Waals surface area (Å²) in [6.45, 7) is 6.03. The van der Waals surface area contributed by atoms with Crippen molar-refractivity contribution in [1.82, 2.24) is 14.5 Å². The minimum Gasteiger partial charge on any atom is -0.480 e. The van der Waals surface area contributed by atoms with Gasteiger partial charge in [-0.1, -0.05) is 24.3 Å². The first kappa shape index (κ1) is 37.4. The van der Waals surface area contributed by atoms with Crippen LogP contribution >= 0.6 is 15.9 Å². The number of hydrogen-bond acceptors (Lipinski definition) is 9. The largest absolute Gasteiger partial charge is 0.480 e. The van der Waals surface area contributed by atoms with Gasteiger partial charge in [0.2, 0.25) is 5.88 Å². The number of benzene rings is 3. The predicted molar refractivity (Wildman–Crippen MR) is 205 cm³/mol. The number of nitriles is 1. The summed E-state index contributed by atoms with van der Waals surface area (Å²) >= 11 is 3.84. The van der Waals surface area contributed by atoms with Crippen LogP contribution < -0.4 is 9.47 Å². The van der Waals surface area contributed by atoms with Crippen molar-refractivity contribution in [1.29, 1.82) is 5.26 Å². The highest BCUT2D eigenvalue weighted by Gasteiger charge is 2.56. The van der Waals surface area contributed by atoms with Crippen molar-refractivity contribution >= 4 is 60.6 Å². The molecule has 2 bridgehead atoms. The number of esters is 1. The predicted octanol–water partition coefficient (Wildman–Crippen LogP) is 8.64. The number of aryl methyl sites for hydroxylation is 1. The number of rotatable bonds is 11. The maximum absolute atomic E-state index is 17.7. The molecule has 3 atom stereocenters. The summed E-state index contributed by atoms with van der Waals surface area (Å²) in [6.07, 6.45) is 1.20. The third-order valence-electron chi connectivity index (χ3n) is 10.4. The Kier molecular flexibility index (Phi) is 10.2. The van der Waals surface area contributed by atoms with E-state index in [1.54, 1.807) is 11.0 Å². The Labute approximate surface area is 321 Å². The molecule has 5 aromatic rings. The van der Waals surface area contributed by atoms with Crippen molar-refractivity contribution in [3.8, 4) is 28.8 Å². The number of halogens is 2. The van der Waals surface area contributed by atoms with Crippen molar-refractivity contribution in [2.75, 3.05) is 34.7 Å². The molecule has 3 fully saturated rings. The van der Waals surface area contributed by atoms with E-state index in [9.17, 15) is 14.9 Å². The van der Waals surface area contributed by atoms with Crippen LogP contribution in [0.5, 0.6) is 11.6 Å². The van der Waals surface area contributed by atoms with E-state index in [1.165, 1.54) is 21.3 Å². The van der Waals surface area contributed by atoms with Gasteiger partial charge in [-0.2, -0.15) is 5.26 Å². The average Bonchev–Trinajstić information content (AvgIpc) is 3.83. The van der Waals surface area contributed by atoms with Gasteiger partial charge in [-0.15, -0.1) is 0 Å². The Morgan fingerprint density at radius 2 is 1.87 bits per heavy atom. The van der Waals surface area contributed by atoms with Crippen molar-refractivity contribution in [3.05, 3.63) is 64.0 Å². The van der Waals surface area contributed by atoms with E-state index in [-0.39, 0.29) is 67.5 Å². The lowest BCUT2D eigenvalue weighted by atomic mass is 9.79. The first-order chi connectivity index (χ1) is 25.9. The lowest BCUT2D eigenvalue weighted by molar-refractivity contribution is -0.140. The second kappa shape index (κ2) is 14.7. The number of carbonyl (C=O) groups excluding carboxylic acids is 2. The number of ether oxygens (including phenoxy) is 5. The number of amides is 1. The normalized spacial score (nSPS) is 17.8. The summed E-state index contributed by atoms with van der Waals surface area (Å²) in [5, 5.41) is 12.5. The third kappa shape index (κ3) is 6.49. The zero-order valence-electron chi connectivity index (χ0n) is 31.1. The van der Waals surface area contributed by atoms with Gasteiger partial charge in [-0.3, -0.25) is 4.79 Å². The van der Waals surface area contributed by atoms with Crippen molar-refractivity contribution < 1.29 is 37.7 Å². The van der Waals surface area contributed by atoms with Crippen LogP contribution in [0.25, 0.3) is 43.7 Å². The van der Waals surface area contributed by atoms with Crippen LogP contribution in [0.3, 0.4) is 0 Å². The Hall–Kier alpha value is -4.93. The molecule has 0 spiro atoms. The molecule has 1 amide bonds. The molecule has 2 aromatic heterocycles. The summed E-state index contributed by atoms with van der Waals surface area (Å²) in [5.41, 5.74) is 2.39. The molecule has 54 heavy (non-hydrogen) atoms. The standard InChI is InChI=1S/C41H42BrFN4O7/c1-41(2,3)54-40(49)46-20-24-18-30(46)37(24)47-29(13-14-31(48)51-5)34(42)33-38(47)28-17-23(11-9-15-44)32(35(43)36(28)45-39(33)52-6)27-19-25(53-21-50-4)16-22-10-7-8-12-26(22)27/h7-8,10,12,16-17,19,24,30,37H,9,11,13-14,18,20-21H2,1-6H3/t24-,30-,37+/m1/s1. The van der Waals surface area contributed by atoms with E-state index >= 15 is 4.39 Å². The molecule has 282 valence electrons. The summed E-state index contributed by atoms with van der Waals surface area (Å²) in [6, 6.07) is 15.1. The molecule has 3 aromatic carbocycles. The number of pyridine rings is 1. The van der Waals surface area contributed by atoms with Gasteiger partial charge in [0, 0.05) is 42.6 Å². The zero-order chi connectivity index (χ0) is 38.5. The highest BCUT2D eigenvalue weighted by molar-refractivity contribution is 9.10. The van der Waals surface area contributed by atoms with Gasteiger partial charge in [0.1, 0.15) is 16.9 Å². The lowest BCUT2D eigenvalue weighted by Crippen LogP contribution is -2.44. The summed E-state index contributed by atoms with van der Waals surface area (Å²) in [5.74, 6) is -0.157. The molecule has 0 radical (unpaired) electrons. The molecule has 2 aliphatic heterocycles. The Morgan fingerprint density at radius 3 is 2.57 bits per heavy atom. The van der Waals surface area contributed by atoms with Crippen LogP contribution in [0.15, 0.2) is 46.9 Å². The molecule has 3 aliphatic rings. The molecule has 13 heteroatoms.